The number of aliphatic carboxylic acids is 2. The molecule has 3 heterocycles. The van der Waals surface area contributed by atoms with Crippen LogP contribution in [-0.4, -0.2) is 110 Å². The first-order chi connectivity index (χ1) is 20.5. The zero-order valence-electron chi connectivity index (χ0n) is 23.5. The van der Waals surface area contributed by atoms with Gasteiger partial charge in [0.2, 0.25) is 0 Å². The lowest BCUT2D eigenvalue weighted by molar-refractivity contribution is -0.165. The first-order valence-electron chi connectivity index (χ1n) is 13.3. The normalized spacial score (nSPS) is 18.9. The Hall–Kier alpha value is -4.97. The van der Waals surface area contributed by atoms with Crippen molar-refractivity contribution < 1.29 is 39.5 Å². The van der Waals surface area contributed by atoms with Crippen LogP contribution in [0.15, 0.2) is 42.7 Å². The molecule has 0 saturated carbocycles. The van der Waals surface area contributed by atoms with Crippen molar-refractivity contribution in [2.45, 2.75) is 24.7 Å². The molecule has 2 aliphatic rings. The van der Waals surface area contributed by atoms with Crippen LogP contribution in [0.5, 0.6) is 5.75 Å². The fourth-order valence-corrected chi connectivity index (χ4v) is 5.08. The predicted molar refractivity (Wildman–Crippen MR) is 156 cm³/mol. The molecule has 1 aromatic heterocycles. The van der Waals surface area contributed by atoms with Crippen molar-refractivity contribution in [1.29, 1.82) is 0 Å². The van der Waals surface area contributed by atoms with Crippen molar-refractivity contribution in [2.24, 2.45) is 5.92 Å². The largest absolute Gasteiger partial charge is 0.494 e. The number of carboxylic acid groups (broad SMARTS) is 2. The van der Waals surface area contributed by atoms with Crippen molar-refractivity contribution in [3.8, 4) is 18.1 Å². The molecule has 226 valence electrons. The number of rotatable bonds is 7. The molecule has 3 aromatic rings. The van der Waals surface area contributed by atoms with E-state index in [-0.39, 0.29) is 6.03 Å². The maximum atomic E-state index is 13.1. The highest BCUT2D eigenvalue weighted by Gasteiger charge is 2.41. The minimum Gasteiger partial charge on any atom is -0.494 e. The van der Waals surface area contributed by atoms with Gasteiger partial charge in [-0.25, -0.2) is 24.4 Å². The van der Waals surface area contributed by atoms with Crippen LogP contribution < -0.4 is 15.4 Å². The van der Waals surface area contributed by atoms with Gasteiger partial charge in [-0.15, -0.1) is 6.42 Å². The van der Waals surface area contributed by atoms with E-state index < -0.39 is 24.1 Å². The highest BCUT2D eigenvalue weighted by molar-refractivity contribution is 5.99. The number of terminal acetylenes is 1. The second kappa shape index (κ2) is 13.3. The number of carbonyl (C=O) groups excluding carboxylic acids is 1. The lowest BCUT2D eigenvalue weighted by Gasteiger charge is -2.22. The molecule has 2 aliphatic heterocycles. The third-order valence-electron chi connectivity index (χ3n) is 7.41. The molecule has 0 bridgehead atoms. The molecule has 0 aliphatic carbocycles. The molecule has 6 N–H and O–H groups in total. The molecule has 5 rings (SSSR count). The number of anilines is 3. The molecule has 14 nitrogen and oxygen atoms in total. The molecule has 2 aromatic carbocycles. The Morgan fingerprint density at radius 3 is 2.44 bits per heavy atom. The predicted octanol–water partition coefficient (Wildman–Crippen LogP) is 1.41. The second-order valence-corrected chi connectivity index (χ2v) is 10.1. The number of nitrogens with zero attached hydrogens (tertiary/aromatic N) is 4. The molecular weight excluding hydrogens is 560 g/mol. The molecule has 0 radical (unpaired) electrons. The van der Waals surface area contributed by atoms with Gasteiger partial charge in [0.05, 0.1) is 18.3 Å². The van der Waals surface area contributed by atoms with Crippen LogP contribution in [0.4, 0.5) is 22.0 Å². The molecule has 4 atom stereocenters. The number of fused-ring (bicyclic) bond motifs is 2. The van der Waals surface area contributed by atoms with Crippen LogP contribution in [0.3, 0.4) is 0 Å². The summed E-state index contributed by atoms with van der Waals surface area (Å²) in [7, 11) is 3.71. The van der Waals surface area contributed by atoms with E-state index in [9.17, 15) is 14.4 Å². The number of aromatic nitrogens is 2. The molecular formula is C29H32N6O8. The average molecular weight is 593 g/mol. The highest BCUT2D eigenvalue weighted by atomic mass is 16.5. The highest BCUT2D eigenvalue weighted by Crippen LogP contribution is 2.35. The maximum absolute atomic E-state index is 13.1. The lowest BCUT2D eigenvalue weighted by Crippen LogP contribution is -2.39. The van der Waals surface area contributed by atoms with Crippen molar-refractivity contribution in [1.82, 2.24) is 19.8 Å². The Labute approximate surface area is 246 Å². The van der Waals surface area contributed by atoms with Gasteiger partial charge >= 0.3 is 18.0 Å². The number of likely N-dealkylation sites (N-methyl/N-ethyl adjacent to an activating group) is 1. The summed E-state index contributed by atoms with van der Waals surface area (Å²) in [6.45, 7) is 2.62. The van der Waals surface area contributed by atoms with E-state index >= 15 is 0 Å². The summed E-state index contributed by atoms with van der Waals surface area (Å²) in [5.74, 6) is 0.805. The van der Waals surface area contributed by atoms with Gasteiger partial charge in [0, 0.05) is 41.8 Å². The van der Waals surface area contributed by atoms with Gasteiger partial charge in [-0.1, -0.05) is 12.0 Å². The Balaban J connectivity index is 0.000000365. The van der Waals surface area contributed by atoms with Gasteiger partial charge in [0.25, 0.3) is 0 Å². The molecule has 2 amide bonds. The number of hydrogen-bond donors (Lipinski definition) is 6. The Kier molecular flexibility index (Phi) is 9.61. The first kappa shape index (κ1) is 31.0. The third kappa shape index (κ3) is 7.09. The number of urea groups is 1. The van der Waals surface area contributed by atoms with Crippen LogP contribution in [-0.2, 0) is 9.59 Å². The average Bonchev–Trinajstić information content (AvgIpc) is 3.58. The quantitative estimate of drug-likeness (QED) is 0.216. The summed E-state index contributed by atoms with van der Waals surface area (Å²) in [5.41, 5.74) is 2.87. The third-order valence-corrected chi connectivity index (χ3v) is 7.41. The zero-order chi connectivity index (χ0) is 31.3. The van der Waals surface area contributed by atoms with E-state index in [4.69, 9.17) is 31.6 Å². The Bertz CT molecular complexity index is 1540. The van der Waals surface area contributed by atoms with E-state index in [0.717, 1.165) is 42.7 Å². The van der Waals surface area contributed by atoms with Crippen molar-refractivity contribution in [3.63, 3.8) is 0 Å². The number of amides is 2. The number of ether oxygens (including phenoxy) is 1. The fourth-order valence-electron chi connectivity index (χ4n) is 5.08. The van der Waals surface area contributed by atoms with Crippen LogP contribution in [0.2, 0.25) is 0 Å². The number of aliphatic hydroxyl groups excluding tert-OH is 2. The van der Waals surface area contributed by atoms with Gasteiger partial charge in [0.1, 0.15) is 17.9 Å². The summed E-state index contributed by atoms with van der Waals surface area (Å²) in [4.78, 5) is 45.7. The standard InChI is InChI=1S/C25H26N6O2.C4H6O6/c1-4-16-6-5-7-18(10-16)28-24-19-11-21(23(33-3)12-20(19)26-15-27-24)29-25(32)31-13-17-8-9-30(2)22(17)14-31;5-1(3(7)8)2(6)4(9)10/h1,5-7,10-12,15,17,22H,8-9,13-14H2,2-3H3,(H,29,32)(H,26,27,28);1-2,5-6H,(H,7,8)(H,9,10)/t17-,22+;1-,2-/m11/s1. The Morgan fingerprint density at radius 2 is 1.81 bits per heavy atom. The Morgan fingerprint density at radius 1 is 1.09 bits per heavy atom. The molecule has 14 heteroatoms. The van der Waals surface area contributed by atoms with Gasteiger partial charge in [0.15, 0.2) is 12.2 Å². The van der Waals surface area contributed by atoms with Crippen LogP contribution >= 0.6 is 0 Å². The number of methoxy groups -OCH3 is 1. The fraction of sp³-hybridized carbons (Fsp3) is 0.345. The van der Waals surface area contributed by atoms with E-state index in [1.807, 2.05) is 41.3 Å². The van der Waals surface area contributed by atoms with Crippen molar-refractivity contribution in [2.75, 3.05) is 44.4 Å². The van der Waals surface area contributed by atoms with Crippen molar-refractivity contribution >= 4 is 46.1 Å². The van der Waals surface area contributed by atoms with E-state index in [2.05, 4.69) is 38.5 Å². The summed E-state index contributed by atoms with van der Waals surface area (Å²) < 4.78 is 5.55. The van der Waals surface area contributed by atoms with Gasteiger partial charge in [-0.05, 0) is 50.2 Å². The number of likely N-dealkylation sites (tertiary alicyclic amines) is 2. The number of carboxylic acids is 2. The molecule has 0 unspecified atom stereocenters. The minimum absolute atomic E-state index is 0.122. The number of nitrogens with one attached hydrogen (secondary N) is 2. The molecule has 2 fully saturated rings. The molecule has 43 heavy (non-hydrogen) atoms. The van der Waals surface area contributed by atoms with Crippen molar-refractivity contribution in [3.05, 3.63) is 48.3 Å². The van der Waals surface area contributed by atoms with Gasteiger partial charge in [-0.2, -0.15) is 0 Å². The number of carbonyl (C=O) groups is 3. The van der Waals surface area contributed by atoms with Crippen LogP contribution in [0, 0.1) is 18.3 Å². The monoisotopic (exact) mass is 592 g/mol. The smallest absolute Gasteiger partial charge is 0.335 e. The molecule has 0 spiro atoms. The van der Waals surface area contributed by atoms with Gasteiger partial charge in [-0.3, -0.25) is 0 Å². The minimum atomic E-state index is -2.27. The SMILES string of the molecule is C#Cc1cccc(Nc2ncnc3cc(OC)c(NC(=O)N4C[C@H]5CCN(C)[C@H]5C4)cc23)c1.O=C(O)[C@H](O)[C@@H](O)C(=O)O. The molecule has 2 saturated heterocycles. The topological polar surface area (TPSA) is 198 Å². The summed E-state index contributed by atoms with van der Waals surface area (Å²) >= 11 is 0. The number of hydrogen-bond acceptors (Lipinski definition) is 10. The van der Waals surface area contributed by atoms with Crippen LogP contribution in [0.25, 0.3) is 10.9 Å². The van der Waals surface area contributed by atoms with Crippen LogP contribution in [0.1, 0.15) is 12.0 Å². The van der Waals surface area contributed by atoms with E-state index in [1.54, 1.807) is 7.11 Å². The van der Waals surface area contributed by atoms with Gasteiger partial charge < -0.3 is 45.6 Å². The number of aliphatic hydroxyl groups is 2. The first-order valence-corrected chi connectivity index (χ1v) is 13.3. The maximum Gasteiger partial charge on any atom is 0.335 e. The van der Waals surface area contributed by atoms with E-state index in [1.165, 1.54) is 6.33 Å². The summed E-state index contributed by atoms with van der Waals surface area (Å²) in [6.07, 6.45) is 3.62. The number of benzene rings is 2. The summed E-state index contributed by atoms with van der Waals surface area (Å²) in [6, 6.07) is 11.5. The summed E-state index contributed by atoms with van der Waals surface area (Å²) in [5, 5.41) is 39.6. The van der Waals surface area contributed by atoms with E-state index in [0.29, 0.717) is 34.7 Å². The second-order valence-electron chi connectivity index (χ2n) is 10.1. The zero-order valence-corrected chi connectivity index (χ0v) is 23.5. The lowest BCUT2D eigenvalue weighted by atomic mass is 10.1.